The number of likely N-dealkylation sites (N-methyl/N-ethyl adjacent to an activating group) is 1. The van der Waals surface area contributed by atoms with Crippen LogP contribution in [0.25, 0.3) is 0 Å². The lowest BCUT2D eigenvalue weighted by Crippen LogP contribution is -2.37. The molecule has 0 atom stereocenters. The van der Waals surface area contributed by atoms with E-state index in [0.29, 0.717) is 11.4 Å². The fraction of sp³-hybridized carbons (Fsp3) is 0.300. The van der Waals surface area contributed by atoms with Crippen molar-refractivity contribution in [3.63, 3.8) is 0 Å². The number of carbonyl (C=O) groups excluding carboxylic acids is 2. The van der Waals surface area contributed by atoms with Gasteiger partial charge in [-0.15, -0.1) is 0 Å². The van der Waals surface area contributed by atoms with E-state index in [2.05, 4.69) is 10.6 Å². The first-order valence-electron chi connectivity index (χ1n) is 8.34. The number of nitrogens with one attached hydrogen (secondary N) is 2. The summed E-state index contributed by atoms with van der Waals surface area (Å²) in [6.45, 7) is 5.87. The summed E-state index contributed by atoms with van der Waals surface area (Å²) in [5.74, 6) is 0.400. The fourth-order valence-corrected chi connectivity index (χ4v) is 2.76. The molecule has 3 amide bonds. The Bertz CT molecular complexity index is 795. The average molecular weight is 355 g/mol. The van der Waals surface area contributed by atoms with Gasteiger partial charge in [-0.05, 0) is 44.0 Å². The van der Waals surface area contributed by atoms with Crippen LogP contribution in [0.3, 0.4) is 0 Å². The lowest BCUT2D eigenvalue weighted by molar-refractivity contribution is -0.116. The van der Waals surface area contributed by atoms with Gasteiger partial charge >= 0.3 is 6.03 Å². The van der Waals surface area contributed by atoms with Gasteiger partial charge in [0.2, 0.25) is 5.91 Å². The summed E-state index contributed by atoms with van der Waals surface area (Å²) < 4.78 is 5.13. The Hall–Kier alpha value is -3.02. The maximum absolute atomic E-state index is 12.3. The smallest absolute Gasteiger partial charge is 0.322 e. The van der Waals surface area contributed by atoms with Crippen LogP contribution < -0.4 is 15.4 Å². The minimum absolute atomic E-state index is 0.0530. The van der Waals surface area contributed by atoms with E-state index in [1.54, 1.807) is 38.4 Å². The lowest BCUT2D eigenvalue weighted by Gasteiger charge is -2.19. The van der Waals surface area contributed by atoms with Crippen molar-refractivity contribution in [2.45, 2.75) is 20.8 Å². The van der Waals surface area contributed by atoms with Crippen molar-refractivity contribution in [2.75, 3.05) is 31.3 Å². The Labute approximate surface area is 154 Å². The van der Waals surface area contributed by atoms with E-state index in [1.165, 1.54) is 4.90 Å². The summed E-state index contributed by atoms with van der Waals surface area (Å²) in [5.41, 5.74) is 4.54. The zero-order chi connectivity index (χ0) is 19.3. The molecule has 2 N–H and O–H groups in total. The van der Waals surface area contributed by atoms with E-state index in [9.17, 15) is 9.59 Å². The van der Waals surface area contributed by atoms with Crippen LogP contribution in [0, 0.1) is 20.8 Å². The molecule has 2 rings (SSSR count). The number of methoxy groups -OCH3 is 1. The molecule has 26 heavy (non-hydrogen) atoms. The van der Waals surface area contributed by atoms with Gasteiger partial charge in [-0.25, -0.2) is 4.79 Å². The van der Waals surface area contributed by atoms with E-state index in [-0.39, 0.29) is 18.5 Å². The van der Waals surface area contributed by atoms with Crippen molar-refractivity contribution in [2.24, 2.45) is 0 Å². The van der Waals surface area contributed by atoms with E-state index < -0.39 is 0 Å². The quantitative estimate of drug-likeness (QED) is 0.859. The Balaban J connectivity index is 1.97. The van der Waals surface area contributed by atoms with Gasteiger partial charge in [0.15, 0.2) is 0 Å². The Kier molecular flexibility index (Phi) is 6.22. The molecule has 0 aliphatic heterocycles. The van der Waals surface area contributed by atoms with Crippen LogP contribution in [0.1, 0.15) is 16.7 Å². The van der Waals surface area contributed by atoms with E-state index >= 15 is 0 Å². The molecular weight excluding hydrogens is 330 g/mol. The molecule has 0 heterocycles. The number of nitrogens with zero attached hydrogens (tertiary/aromatic N) is 1. The van der Waals surface area contributed by atoms with Crippen molar-refractivity contribution in [3.05, 3.63) is 53.1 Å². The lowest BCUT2D eigenvalue weighted by atomic mass is 10.1. The molecule has 0 bridgehead atoms. The summed E-state index contributed by atoms with van der Waals surface area (Å²) >= 11 is 0. The van der Waals surface area contributed by atoms with E-state index in [0.717, 1.165) is 22.4 Å². The third-order valence-corrected chi connectivity index (χ3v) is 3.99. The molecule has 6 nitrogen and oxygen atoms in total. The summed E-state index contributed by atoms with van der Waals surface area (Å²) in [5, 5.41) is 5.64. The number of carbonyl (C=O) groups is 2. The van der Waals surface area contributed by atoms with E-state index in [4.69, 9.17) is 4.74 Å². The van der Waals surface area contributed by atoms with Crippen molar-refractivity contribution >= 4 is 23.3 Å². The van der Waals surface area contributed by atoms with E-state index in [1.807, 2.05) is 32.9 Å². The molecular formula is C20H25N3O3. The maximum atomic E-state index is 12.3. The van der Waals surface area contributed by atoms with Gasteiger partial charge in [-0.1, -0.05) is 23.8 Å². The van der Waals surface area contributed by atoms with Gasteiger partial charge in [0.05, 0.1) is 7.11 Å². The van der Waals surface area contributed by atoms with Gasteiger partial charge < -0.3 is 20.3 Å². The van der Waals surface area contributed by atoms with Crippen LogP contribution >= 0.6 is 0 Å². The first kappa shape index (κ1) is 19.3. The Morgan fingerprint density at radius 3 is 2.31 bits per heavy atom. The predicted octanol–water partition coefficient (Wildman–Crippen LogP) is 3.72. The van der Waals surface area contributed by atoms with Crippen LogP contribution in [0.5, 0.6) is 5.75 Å². The summed E-state index contributed by atoms with van der Waals surface area (Å²) in [7, 11) is 3.14. The Morgan fingerprint density at radius 2 is 1.69 bits per heavy atom. The highest BCUT2D eigenvalue weighted by atomic mass is 16.5. The first-order chi connectivity index (χ1) is 12.3. The number of amides is 3. The van der Waals surface area contributed by atoms with Crippen LogP contribution in [0.15, 0.2) is 36.4 Å². The zero-order valence-electron chi connectivity index (χ0n) is 15.8. The first-order valence-corrected chi connectivity index (χ1v) is 8.34. The number of benzene rings is 2. The Morgan fingerprint density at radius 1 is 1.04 bits per heavy atom. The highest BCUT2D eigenvalue weighted by Gasteiger charge is 2.15. The normalized spacial score (nSPS) is 10.2. The fourth-order valence-electron chi connectivity index (χ4n) is 2.76. The van der Waals surface area contributed by atoms with Crippen LogP contribution in [-0.4, -0.2) is 37.5 Å². The molecule has 2 aromatic rings. The SMILES string of the molecule is COc1cccc(NC(=O)N(C)CC(=O)Nc2c(C)cc(C)cc2C)c1. The van der Waals surface area contributed by atoms with Gasteiger partial charge in [0.1, 0.15) is 12.3 Å². The second kappa shape index (κ2) is 8.38. The van der Waals surface area contributed by atoms with Crippen LogP contribution in [0.4, 0.5) is 16.2 Å². The molecule has 2 aromatic carbocycles. The zero-order valence-corrected chi connectivity index (χ0v) is 15.8. The molecule has 0 aromatic heterocycles. The molecule has 0 fully saturated rings. The highest BCUT2D eigenvalue weighted by molar-refractivity contribution is 5.97. The van der Waals surface area contributed by atoms with Gasteiger partial charge in [-0.2, -0.15) is 0 Å². The summed E-state index contributed by atoms with van der Waals surface area (Å²) in [4.78, 5) is 25.9. The number of aryl methyl sites for hydroxylation is 3. The number of urea groups is 1. The number of ether oxygens (including phenoxy) is 1. The average Bonchev–Trinajstić information content (AvgIpc) is 2.58. The number of hydrogen-bond donors (Lipinski definition) is 2. The molecule has 0 spiro atoms. The van der Waals surface area contributed by atoms with Crippen molar-refractivity contribution in [3.8, 4) is 5.75 Å². The molecule has 0 aliphatic carbocycles. The topological polar surface area (TPSA) is 70.7 Å². The predicted molar refractivity (Wildman–Crippen MR) is 104 cm³/mol. The molecule has 0 radical (unpaired) electrons. The second-order valence-electron chi connectivity index (χ2n) is 6.34. The highest BCUT2D eigenvalue weighted by Crippen LogP contribution is 2.22. The van der Waals surface area contributed by atoms with Gasteiger partial charge in [0.25, 0.3) is 0 Å². The largest absolute Gasteiger partial charge is 0.497 e. The summed E-state index contributed by atoms with van der Waals surface area (Å²) in [6.07, 6.45) is 0. The van der Waals surface area contributed by atoms with Gasteiger partial charge in [0, 0.05) is 24.5 Å². The third-order valence-electron chi connectivity index (χ3n) is 3.99. The van der Waals surface area contributed by atoms with Crippen LogP contribution in [-0.2, 0) is 4.79 Å². The van der Waals surface area contributed by atoms with Gasteiger partial charge in [-0.3, -0.25) is 4.79 Å². The second-order valence-corrected chi connectivity index (χ2v) is 6.34. The summed E-state index contributed by atoms with van der Waals surface area (Å²) in [6, 6.07) is 10.7. The number of rotatable bonds is 5. The number of hydrogen-bond acceptors (Lipinski definition) is 3. The molecule has 0 saturated heterocycles. The van der Waals surface area contributed by atoms with Crippen molar-refractivity contribution in [1.29, 1.82) is 0 Å². The third kappa shape index (κ3) is 4.99. The minimum Gasteiger partial charge on any atom is -0.497 e. The molecule has 0 saturated carbocycles. The molecule has 138 valence electrons. The van der Waals surface area contributed by atoms with Crippen molar-refractivity contribution < 1.29 is 14.3 Å². The standard InChI is InChI=1S/C20H25N3O3/c1-13-9-14(2)19(15(3)10-13)22-18(24)12-23(4)20(25)21-16-7-6-8-17(11-16)26-5/h6-11H,12H2,1-5H3,(H,21,25)(H,22,24). The monoisotopic (exact) mass is 355 g/mol. The number of anilines is 2. The van der Waals surface area contributed by atoms with Crippen molar-refractivity contribution in [1.82, 2.24) is 4.90 Å². The maximum Gasteiger partial charge on any atom is 0.322 e. The molecule has 6 heteroatoms. The van der Waals surface area contributed by atoms with Crippen LogP contribution in [0.2, 0.25) is 0 Å². The molecule has 0 unspecified atom stereocenters. The minimum atomic E-state index is -0.370. The molecule has 0 aliphatic rings.